The molecule has 3 N–H and O–H groups in total. The van der Waals surface area contributed by atoms with Gasteiger partial charge in [-0.1, -0.05) is 0 Å². The van der Waals surface area contributed by atoms with Crippen molar-refractivity contribution in [1.29, 1.82) is 0 Å². The summed E-state index contributed by atoms with van der Waals surface area (Å²) >= 11 is 5.85. The quantitative estimate of drug-likeness (QED) is 0.419. The fourth-order valence-corrected chi connectivity index (χ4v) is 5.61. The van der Waals surface area contributed by atoms with Crippen molar-refractivity contribution in [2.24, 2.45) is 0 Å². The van der Waals surface area contributed by atoms with Gasteiger partial charge in [-0.05, 0) is 80.3 Å². The smallest absolute Gasteiger partial charge is 0.337 e. The number of nitrogens with one attached hydrogen (secondary N) is 1. The summed E-state index contributed by atoms with van der Waals surface area (Å²) < 4.78 is 1.79. The average Bonchev–Trinajstić information content (AvgIpc) is 2.33. The third-order valence-corrected chi connectivity index (χ3v) is 5.22. The highest BCUT2D eigenvalue weighted by molar-refractivity contribution is 14.1. The van der Waals surface area contributed by atoms with Crippen molar-refractivity contribution in [3.05, 3.63) is 22.3 Å². The van der Waals surface area contributed by atoms with Gasteiger partial charge in [-0.25, -0.2) is 4.79 Å². The van der Waals surface area contributed by atoms with E-state index in [-0.39, 0.29) is 30.7 Å². The average molecular weight is 629 g/mol. The molecule has 0 radical (unpaired) electrons. The molecule has 1 aromatic carbocycles. The molecule has 1 aromatic rings. The maximum absolute atomic E-state index is 11.8. The Labute approximate surface area is 161 Å². The zero-order valence-corrected chi connectivity index (χ0v) is 16.9. The maximum Gasteiger partial charge on any atom is 0.337 e. The number of carboxylic acids is 2. The zero-order chi connectivity index (χ0) is 16.2. The first-order valence-electron chi connectivity index (χ1n) is 5.66. The fourth-order valence-electron chi connectivity index (χ4n) is 1.50. The summed E-state index contributed by atoms with van der Waals surface area (Å²) in [6, 6.07) is 1.68. The van der Waals surface area contributed by atoms with Crippen molar-refractivity contribution >= 4 is 91.3 Å². The van der Waals surface area contributed by atoms with Crippen LogP contribution in [0.3, 0.4) is 0 Å². The zero-order valence-electron chi connectivity index (χ0n) is 10.5. The molecule has 6 nitrogen and oxygen atoms in total. The Morgan fingerprint density at radius 3 is 2.19 bits per heavy atom. The molecule has 9 heteroatoms. The van der Waals surface area contributed by atoms with Crippen LogP contribution in [0.1, 0.15) is 29.6 Å². The number of anilines is 1. The number of benzene rings is 1. The molecule has 0 aliphatic rings. The summed E-state index contributed by atoms with van der Waals surface area (Å²) in [4.78, 5) is 33.5. The van der Waals surface area contributed by atoms with Crippen molar-refractivity contribution in [2.75, 3.05) is 5.32 Å². The van der Waals surface area contributed by atoms with Crippen molar-refractivity contribution < 1.29 is 24.6 Å². The molecule has 0 saturated carbocycles. The van der Waals surface area contributed by atoms with Gasteiger partial charge in [0.1, 0.15) is 0 Å². The van der Waals surface area contributed by atoms with E-state index >= 15 is 0 Å². The number of carbonyl (C=O) groups excluding carboxylic acids is 1. The van der Waals surface area contributed by atoms with Crippen molar-refractivity contribution in [1.82, 2.24) is 0 Å². The van der Waals surface area contributed by atoms with Gasteiger partial charge in [0, 0.05) is 20.0 Å². The van der Waals surface area contributed by atoms with Gasteiger partial charge in [-0.15, -0.1) is 0 Å². The number of halogens is 3. The number of hydrogen-bond donors (Lipinski definition) is 3. The van der Waals surface area contributed by atoms with Crippen molar-refractivity contribution in [2.45, 2.75) is 19.3 Å². The van der Waals surface area contributed by atoms with Gasteiger partial charge >= 0.3 is 11.9 Å². The predicted octanol–water partition coefficient (Wildman–Crippen LogP) is 3.39. The number of aliphatic carboxylic acids is 1. The van der Waals surface area contributed by atoms with E-state index in [4.69, 9.17) is 5.11 Å². The second-order valence-corrected chi connectivity index (χ2v) is 7.41. The second-order valence-electron chi connectivity index (χ2n) is 4.00. The molecule has 0 aliphatic heterocycles. The molecule has 1 amide bonds. The number of carbonyl (C=O) groups is 3. The van der Waals surface area contributed by atoms with E-state index in [2.05, 4.69) is 5.32 Å². The Balaban J connectivity index is 2.93. The van der Waals surface area contributed by atoms with Gasteiger partial charge in [-0.2, -0.15) is 0 Å². The highest BCUT2D eigenvalue weighted by atomic mass is 127. The number of rotatable bonds is 6. The van der Waals surface area contributed by atoms with Crippen molar-refractivity contribution in [3.8, 4) is 0 Å². The van der Waals surface area contributed by atoms with Crippen molar-refractivity contribution in [3.63, 3.8) is 0 Å². The largest absolute Gasteiger partial charge is 0.481 e. The first kappa shape index (κ1) is 18.9. The minimum Gasteiger partial charge on any atom is -0.481 e. The van der Waals surface area contributed by atoms with Crippen LogP contribution in [0.5, 0.6) is 0 Å². The summed E-state index contributed by atoms with van der Waals surface area (Å²) in [5.41, 5.74) is 0.604. The lowest BCUT2D eigenvalue weighted by molar-refractivity contribution is -0.137. The van der Waals surface area contributed by atoms with Gasteiger partial charge in [0.15, 0.2) is 0 Å². The molecule has 0 heterocycles. The normalized spacial score (nSPS) is 10.2. The van der Waals surface area contributed by atoms with Crippen LogP contribution in [0, 0.1) is 10.7 Å². The van der Waals surface area contributed by atoms with Gasteiger partial charge in [0.2, 0.25) is 5.91 Å². The number of carboxylic acid groups (broad SMARTS) is 2. The molecular weight excluding hydrogens is 619 g/mol. The summed E-state index contributed by atoms with van der Waals surface area (Å²) in [5.74, 6) is -2.33. The molecular formula is C12H10I3NO5. The van der Waals surface area contributed by atoms with Crippen LogP contribution < -0.4 is 5.32 Å². The van der Waals surface area contributed by atoms with Gasteiger partial charge in [0.05, 0.1) is 14.8 Å². The lowest BCUT2D eigenvalue weighted by Gasteiger charge is -2.13. The summed E-state index contributed by atoms with van der Waals surface area (Å²) in [6.45, 7) is 0. The molecule has 114 valence electrons. The van der Waals surface area contributed by atoms with Gasteiger partial charge < -0.3 is 15.5 Å². The van der Waals surface area contributed by atoms with E-state index in [1.54, 1.807) is 6.07 Å². The van der Waals surface area contributed by atoms with Crippen LogP contribution in [-0.2, 0) is 9.59 Å². The van der Waals surface area contributed by atoms with E-state index in [1.165, 1.54) is 0 Å². The van der Waals surface area contributed by atoms with E-state index in [0.717, 1.165) is 3.57 Å². The lowest BCUT2D eigenvalue weighted by Crippen LogP contribution is -2.16. The number of hydrogen-bond acceptors (Lipinski definition) is 3. The molecule has 0 fully saturated rings. The first-order valence-corrected chi connectivity index (χ1v) is 8.90. The third-order valence-electron chi connectivity index (χ3n) is 2.44. The lowest BCUT2D eigenvalue weighted by atomic mass is 10.2. The van der Waals surface area contributed by atoms with Crippen LogP contribution in [0.15, 0.2) is 6.07 Å². The van der Waals surface area contributed by atoms with Crippen LogP contribution in [-0.4, -0.2) is 28.1 Å². The molecule has 0 unspecified atom stereocenters. The standard InChI is InChI=1S/C12H10I3NO5/c13-5-4-6(14)11(10(15)9(5)12(20)21)16-7(17)2-1-3-8(18)19/h4H,1-3H2,(H,16,17)(H,18,19)(H,20,21). The Kier molecular flexibility index (Phi) is 7.59. The molecule has 1 rings (SSSR count). The molecule has 0 bridgehead atoms. The fraction of sp³-hybridized carbons (Fsp3) is 0.250. The predicted molar refractivity (Wildman–Crippen MR) is 102 cm³/mol. The third kappa shape index (κ3) is 5.50. The summed E-state index contributed by atoms with van der Waals surface area (Å²) in [5, 5.41) is 20.4. The monoisotopic (exact) mass is 629 g/mol. The van der Waals surface area contributed by atoms with Crippen LogP contribution in [0.2, 0.25) is 0 Å². The molecule has 0 saturated heterocycles. The van der Waals surface area contributed by atoms with E-state index in [9.17, 15) is 19.5 Å². The van der Waals surface area contributed by atoms with Crippen LogP contribution in [0.4, 0.5) is 5.69 Å². The molecule has 0 aliphatic carbocycles. The Hall–Kier alpha value is -0.180. The molecule has 0 spiro atoms. The minimum atomic E-state index is -1.05. The van der Waals surface area contributed by atoms with Crippen LogP contribution in [0.25, 0.3) is 0 Å². The van der Waals surface area contributed by atoms with E-state index < -0.39 is 11.9 Å². The number of aromatic carboxylic acids is 1. The molecule has 0 aromatic heterocycles. The Bertz CT molecular complexity index is 603. The molecule has 0 atom stereocenters. The highest BCUT2D eigenvalue weighted by Gasteiger charge is 2.20. The van der Waals surface area contributed by atoms with E-state index in [0.29, 0.717) is 12.8 Å². The SMILES string of the molecule is O=C(O)CCCC(=O)Nc1c(I)cc(I)c(C(=O)O)c1I. The van der Waals surface area contributed by atoms with Gasteiger partial charge in [-0.3, -0.25) is 9.59 Å². The maximum atomic E-state index is 11.8. The Morgan fingerprint density at radius 2 is 1.67 bits per heavy atom. The van der Waals surface area contributed by atoms with E-state index in [1.807, 2.05) is 67.8 Å². The number of amides is 1. The van der Waals surface area contributed by atoms with Crippen LogP contribution >= 0.6 is 67.8 Å². The highest BCUT2D eigenvalue weighted by Crippen LogP contribution is 2.31. The molecule has 21 heavy (non-hydrogen) atoms. The minimum absolute atomic E-state index is 0.0747. The second kappa shape index (κ2) is 8.45. The Morgan fingerprint density at radius 1 is 1.05 bits per heavy atom. The summed E-state index contributed by atoms with van der Waals surface area (Å²) in [7, 11) is 0. The topological polar surface area (TPSA) is 104 Å². The first-order chi connectivity index (χ1) is 9.73. The summed E-state index contributed by atoms with van der Waals surface area (Å²) in [6.07, 6.45) is 0.242. The van der Waals surface area contributed by atoms with Gasteiger partial charge in [0.25, 0.3) is 0 Å².